The number of carbonyl (C=O) groups excluding carboxylic acids is 3. The van der Waals surface area contributed by atoms with Crippen molar-refractivity contribution in [2.75, 3.05) is 20.2 Å². The van der Waals surface area contributed by atoms with Crippen molar-refractivity contribution in [3.8, 4) is 0 Å². The van der Waals surface area contributed by atoms with E-state index in [0.29, 0.717) is 0 Å². The summed E-state index contributed by atoms with van der Waals surface area (Å²) in [5.41, 5.74) is 0.860. The first-order chi connectivity index (χ1) is 18.1. The molecular formula is C29H34N2O6S. The van der Waals surface area contributed by atoms with Gasteiger partial charge in [-0.15, -0.1) is 0 Å². The van der Waals surface area contributed by atoms with Crippen LogP contribution in [-0.2, 0) is 25.6 Å². The summed E-state index contributed by atoms with van der Waals surface area (Å²) >= 11 is 4.81. The van der Waals surface area contributed by atoms with Gasteiger partial charge in [0.1, 0.15) is 18.2 Å². The van der Waals surface area contributed by atoms with Crippen LogP contribution in [0.1, 0.15) is 37.1 Å². The van der Waals surface area contributed by atoms with E-state index >= 15 is 0 Å². The summed E-state index contributed by atoms with van der Waals surface area (Å²) in [6.45, 7) is 5.23. The Morgan fingerprint density at radius 3 is 2.29 bits per heavy atom. The summed E-state index contributed by atoms with van der Waals surface area (Å²) in [4.78, 5) is 40.0. The van der Waals surface area contributed by atoms with Crippen molar-refractivity contribution in [3.63, 3.8) is 0 Å². The van der Waals surface area contributed by atoms with E-state index < -0.39 is 35.0 Å². The zero-order valence-corrected chi connectivity index (χ0v) is 22.9. The van der Waals surface area contributed by atoms with Gasteiger partial charge in [0.25, 0.3) is 0 Å². The van der Waals surface area contributed by atoms with Crippen molar-refractivity contribution in [1.82, 2.24) is 10.2 Å². The number of ether oxygens (including phenoxy) is 3. The minimum Gasteiger partial charge on any atom is -0.467 e. The highest BCUT2D eigenvalue weighted by Crippen LogP contribution is 2.34. The normalized spacial score (nSPS) is 12.8. The molecule has 2 atom stereocenters. The van der Waals surface area contributed by atoms with Crippen LogP contribution in [0, 0.1) is 0 Å². The van der Waals surface area contributed by atoms with E-state index in [2.05, 4.69) is 5.32 Å². The summed E-state index contributed by atoms with van der Waals surface area (Å²) in [6, 6.07) is 21.5. The lowest BCUT2D eigenvalue weighted by atomic mass is 9.97. The molecule has 0 bridgehead atoms. The number of nitrogens with zero attached hydrogens (tertiary/aromatic N) is 1. The maximum absolute atomic E-state index is 13.4. The van der Waals surface area contributed by atoms with Crippen LogP contribution in [-0.4, -0.2) is 54.9 Å². The molecule has 9 heteroatoms. The Kier molecular flexibility index (Phi) is 10.0. The number of rotatable bonds is 9. The quantitative estimate of drug-likeness (QED) is 0.212. The van der Waals surface area contributed by atoms with Gasteiger partial charge in [-0.25, -0.2) is 14.4 Å². The zero-order valence-electron chi connectivity index (χ0n) is 22.0. The zero-order chi connectivity index (χ0) is 27.7. The van der Waals surface area contributed by atoms with Gasteiger partial charge in [0.15, 0.2) is 0 Å². The van der Waals surface area contributed by atoms with Gasteiger partial charge in [0.2, 0.25) is 0 Å². The molecule has 3 rings (SSSR count). The highest BCUT2D eigenvalue weighted by molar-refractivity contribution is 7.80. The Balaban J connectivity index is 1.90. The largest absolute Gasteiger partial charge is 0.467 e. The molecule has 0 saturated heterocycles. The number of alkyl carbamates (subject to hydrolysis) is 1. The number of thiol groups is 1. The number of amides is 2. The summed E-state index contributed by atoms with van der Waals surface area (Å²) in [5.74, 6) is -0.660. The summed E-state index contributed by atoms with van der Waals surface area (Å²) < 4.78 is 16.0. The number of methoxy groups -OCH3 is 1. The van der Waals surface area contributed by atoms with Crippen molar-refractivity contribution in [1.29, 1.82) is 0 Å². The average molecular weight is 539 g/mol. The van der Waals surface area contributed by atoms with E-state index in [4.69, 9.17) is 26.8 Å². The van der Waals surface area contributed by atoms with Crippen LogP contribution in [0.25, 0.3) is 10.8 Å². The Bertz CT molecular complexity index is 1240. The molecule has 8 nitrogen and oxygen atoms in total. The van der Waals surface area contributed by atoms with E-state index in [1.807, 2.05) is 72.8 Å². The third-order valence-electron chi connectivity index (χ3n) is 5.68. The van der Waals surface area contributed by atoms with Crippen LogP contribution in [0.2, 0.25) is 0 Å². The second kappa shape index (κ2) is 13.2. The summed E-state index contributed by atoms with van der Waals surface area (Å²) in [7, 11) is 1.26. The van der Waals surface area contributed by atoms with Crippen molar-refractivity contribution in [2.45, 2.75) is 44.3 Å². The van der Waals surface area contributed by atoms with Gasteiger partial charge in [0, 0.05) is 13.1 Å². The third-order valence-corrected chi connectivity index (χ3v) is 6.24. The number of hydrogen-bond donors (Lipinski definition) is 2. The van der Waals surface area contributed by atoms with Crippen LogP contribution >= 0.6 is 12.6 Å². The molecular weight excluding hydrogens is 504 g/mol. The van der Waals surface area contributed by atoms with Gasteiger partial charge in [-0.1, -0.05) is 72.8 Å². The molecule has 0 aromatic heterocycles. The van der Waals surface area contributed by atoms with Crippen LogP contribution in [0.3, 0.4) is 0 Å². The number of nitrogens with one attached hydrogen (secondary N) is 1. The van der Waals surface area contributed by atoms with Gasteiger partial charge in [0.05, 0.1) is 12.4 Å². The van der Waals surface area contributed by atoms with Gasteiger partial charge in [-0.3, -0.25) is 4.90 Å². The molecule has 202 valence electrons. The topological polar surface area (TPSA) is 94.2 Å². The Morgan fingerprint density at radius 1 is 0.947 bits per heavy atom. The molecule has 1 N–H and O–H groups in total. The molecule has 0 aliphatic carbocycles. The van der Waals surface area contributed by atoms with Gasteiger partial charge >= 0.3 is 18.2 Å². The van der Waals surface area contributed by atoms with Gasteiger partial charge in [-0.05, 0) is 42.7 Å². The molecule has 0 heterocycles. The SMILES string of the molecule is COC(=O)[C@H](C(S)c1cccc2ccccc12)N(CCNC(=O)OC(C)(C)C)C(=O)OCc1ccccc1. The first-order valence-electron chi connectivity index (χ1n) is 12.3. The van der Waals surface area contributed by atoms with E-state index in [-0.39, 0.29) is 19.7 Å². The lowest BCUT2D eigenvalue weighted by Gasteiger charge is -2.33. The van der Waals surface area contributed by atoms with Crippen LogP contribution in [0.15, 0.2) is 72.8 Å². The fourth-order valence-corrected chi connectivity index (χ4v) is 4.47. The second-order valence-corrected chi connectivity index (χ2v) is 10.2. The monoisotopic (exact) mass is 538 g/mol. The first kappa shape index (κ1) is 28.8. The summed E-state index contributed by atoms with van der Waals surface area (Å²) in [5, 5.41) is 3.75. The van der Waals surface area contributed by atoms with Crippen LogP contribution in [0.4, 0.5) is 9.59 Å². The number of carbonyl (C=O) groups is 3. The Labute approximate surface area is 228 Å². The lowest BCUT2D eigenvalue weighted by molar-refractivity contribution is -0.146. The maximum atomic E-state index is 13.4. The van der Waals surface area contributed by atoms with E-state index in [0.717, 1.165) is 21.9 Å². The summed E-state index contributed by atoms with van der Waals surface area (Å²) in [6.07, 6.45) is -1.38. The molecule has 0 aliphatic rings. The van der Waals surface area contributed by atoms with Gasteiger partial charge in [-0.2, -0.15) is 12.6 Å². The molecule has 2 amide bonds. The molecule has 1 unspecified atom stereocenters. The van der Waals surface area contributed by atoms with Gasteiger partial charge < -0.3 is 19.5 Å². The molecule has 0 radical (unpaired) electrons. The smallest absolute Gasteiger partial charge is 0.410 e. The fraction of sp³-hybridized carbons (Fsp3) is 0.345. The van der Waals surface area contributed by atoms with Crippen molar-refractivity contribution >= 4 is 41.6 Å². The highest BCUT2D eigenvalue weighted by Gasteiger charge is 2.38. The number of hydrogen-bond acceptors (Lipinski definition) is 7. The number of benzene rings is 3. The van der Waals surface area contributed by atoms with Crippen molar-refractivity contribution in [2.24, 2.45) is 0 Å². The molecule has 0 saturated carbocycles. The molecule has 3 aromatic rings. The highest BCUT2D eigenvalue weighted by atomic mass is 32.1. The van der Waals surface area contributed by atoms with E-state index in [9.17, 15) is 14.4 Å². The number of fused-ring (bicyclic) bond motifs is 1. The average Bonchev–Trinajstić information content (AvgIpc) is 2.90. The standard InChI is InChI=1S/C29H34N2O6S/c1-29(2,3)37-27(33)30-17-18-31(28(34)36-19-20-11-6-5-7-12-20)24(26(32)35-4)25(38)23-16-10-14-21-13-8-9-15-22(21)23/h5-16,24-25,38H,17-19H2,1-4H3,(H,30,33)/t24-,25?/m0/s1. The van der Waals surface area contributed by atoms with E-state index in [1.54, 1.807) is 20.8 Å². The molecule has 0 aliphatic heterocycles. The predicted molar refractivity (Wildman–Crippen MR) is 149 cm³/mol. The molecule has 3 aromatic carbocycles. The first-order valence-corrected chi connectivity index (χ1v) is 12.8. The molecule has 38 heavy (non-hydrogen) atoms. The van der Waals surface area contributed by atoms with Crippen molar-refractivity contribution < 1.29 is 28.6 Å². The third kappa shape index (κ3) is 7.89. The van der Waals surface area contributed by atoms with Crippen LogP contribution < -0.4 is 5.32 Å². The molecule has 0 fully saturated rings. The minimum atomic E-state index is -1.14. The van der Waals surface area contributed by atoms with Crippen molar-refractivity contribution in [3.05, 3.63) is 83.9 Å². The second-order valence-electron chi connectivity index (χ2n) is 9.64. The predicted octanol–water partition coefficient (Wildman–Crippen LogP) is 5.52. The molecule has 0 spiro atoms. The Morgan fingerprint density at radius 2 is 1.61 bits per heavy atom. The van der Waals surface area contributed by atoms with Crippen LogP contribution in [0.5, 0.6) is 0 Å². The lowest BCUT2D eigenvalue weighted by Crippen LogP contribution is -2.51. The van der Waals surface area contributed by atoms with E-state index in [1.165, 1.54) is 12.0 Å². The fourth-order valence-electron chi connectivity index (χ4n) is 3.96. The Hall–Kier alpha value is -3.72. The number of esters is 1. The maximum Gasteiger partial charge on any atom is 0.410 e. The minimum absolute atomic E-state index is 0.00899.